The van der Waals surface area contributed by atoms with Gasteiger partial charge in [-0.05, 0) is 0 Å². The van der Waals surface area contributed by atoms with E-state index in [1.165, 1.54) is 36.7 Å². The van der Waals surface area contributed by atoms with Crippen molar-refractivity contribution in [2.24, 2.45) is 34.5 Å². The monoisotopic (exact) mass is 594 g/mol. The number of thioether (sulfide) groups is 1. The number of carbonyl (C=O) groups is 1. The Hall–Kier alpha value is -1.28. The first-order valence-electron chi connectivity index (χ1n) is 12.9. The molecule has 1 aromatic carbocycles. The first-order chi connectivity index (χ1) is 16.8. The Kier molecular flexibility index (Phi) is 6.15. The number of para-hydroxylation sites is 1. The molecule has 0 aliphatic heterocycles. The quantitative estimate of drug-likeness (QED) is 0.141. The summed E-state index contributed by atoms with van der Waals surface area (Å²) in [4.78, 5) is 21.1. The first kappa shape index (κ1) is 24.1. The topological polar surface area (TPSA) is 42.9 Å². The Morgan fingerprint density at radius 1 is 1.20 bits per heavy atom. The van der Waals surface area contributed by atoms with E-state index in [-0.39, 0.29) is 11.2 Å². The number of rotatable bonds is 4. The van der Waals surface area contributed by atoms with Crippen LogP contribution < -0.4 is 0 Å². The van der Waals surface area contributed by atoms with Gasteiger partial charge in [-0.25, -0.2) is 0 Å². The molecule has 6 unspecified atom stereocenters. The summed E-state index contributed by atoms with van der Waals surface area (Å²) in [5.74, 6) is 3.76. The number of hydrogen-bond acceptors (Lipinski definition) is 4. The van der Waals surface area contributed by atoms with Crippen LogP contribution in [-0.2, 0) is 4.79 Å². The van der Waals surface area contributed by atoms with Crippen LogP contribution in [0.1, 0.15) is 46.0 Å². The molecule has 3 fully saturated rings. The number of benzene rings is 1. The van der Waals surface area contributed by atoms with Gasteiger partial charge in [-0.15, -0.1) is 0 Å². The van der Waals surface area contributed by atoms with E-state index >= 15 is 0 Å². The van der Waals surface area contributed by atoms with Gasteiger partial charge in [-0.1, -0.05) is 0 Å². The number of nitrogens with zero attached hydrogens (tertiary/aromatic N) is 2. The van der Waals surface area contributed by atoms with Crippen molar-refractivity contribution < 1.29 is 4.79 Å². The van der Waals surface area contributed by atoms with Crippen molar-refractivity contribution in [3.8, 4) is 0 Å². The second-order valence-electron chi connectivity index (χ2n) is 11.5. The van der Waals surface area contributed by atoms with Crippen LogP contribution in [0.4, 0.5) is 0 Å². The minimum atomic E-state index is 0.0674. The predicted octanol–water partition coefficient (Wildman–Crippen LogP) is 6.13. The molecule has 0 saturated heterocycles. The molecule has 3 nitrogen and oxygen atoms in total. The Morgan fingerprint density at radius 3 is 2.89 bits per heavy atom. The number of carbonyl (C=O) groups excluding carboxylic acids is 1. The maximum absolute atomic E-state index is 12.1. The summed E-state index contributed by atoms with van der Waals surface area (Å²) in [7, 11) is 4.68. The molecule has 6 rings (SSSR count). The van der Waals surface area contributed by atoms with Gasteiger partial charge in [0.2, 0.25) is 0 Å². The second kappa shape index (κ2) is 8.93. The number of ketones is 1. The van der Waals surface area contributed by atoms with Crippen molar-refractivity contribution in [2.75, 3.05) is 5.75 Å². The number of allylic oxidation sites excluding steroid dienone is 4. The number of fused-ring (bicyclic) bond motifs is 6. The van der Waals surface area contributed by atoms with Crippen molar-refractivity contribution in [1.82, 2.24) is 9.97 Å². The standard InChI is InChI=1S/C29H32BIN2OS/c1-28-11-9-18(34)13-17(28)7-8-19-21(28)10-12-29(2)22(19)14-24(31)26(29)23(30)15-35-27-20-5-3-4-6-25(20)32-16-33-27/h3-6,9,11,13,16,19,21-22,24,26,30H,7-8,10,12,14-15H2,1-2H3/t19?,21?,22?,24-,26?,28?,29?/m1/s1. The molecule has 1 aromatic heterocycles. The number of hydrogen-bond donors (Lipinski definition) is 0. The average Bonchev–Trinajstić information content (AvgIpc) is 3.13. The summed E-state index contributed by atoms with van der Waals surface area (Å²) in [6, 6.07) is 8.27. The summed E-state index contributed by atoms with van der Waals surface area (Å²) in [6.07, 6.45) is 13.8. The van der Waals surface area contributed by atoms with E-state index in [1.807, 2.05) is 30.0 Å². The van der Waals surface area contributed by atoms with E-state index in [4.69, 9.17) is 0 Å². The summed E-state index contributed by atoms with van der Waals surface area (Å²) < 4.78 is 0.629. The van der Waals surface area contributed by atoms with E-state index in [9.17, 15) is 4.79 Å². The van der Waals surface area contributed by atoms with Crippen LogP contribution in [-0.4, -0.2) is 38.4 Å². The molecule has 0 amide bonds. The summed E-state index contributed by atoms with van der Waals surface area (Å²) in [6.45, 7) is 4.97. The van der Waals surface area contributed by atoms with Gasteiger partial charge in [-0.2, -0.15) is 0 Å². The van der Waals surface area contributed by atoms with Gasteiger partial charge in [0, 0.05) is 0 Å². The van der Waals surface area contributed by atoms with Gasteiger partial charge >= 0.3 is 228 Å². The van der Waals surface area contributed by atoms with E-state index in [0.717, 1.165) is 39.9 Å². The molecule has 1 heterocycles. The summed E-state index contributed by atoms with van der Waals surface area (Å²) >= 11 is 4.55. The van der Waals surface area contributed by atoms with E-state index in [0.29, 0.717) is 21.2 Å². The van der Waals surface area contributed by atoms with Crippen LogP contribution in [0.15, 0.2) is 59.4 Å². The van der Waals surface area contributed by atoms with Crippen molar-refractivity contribution >= 4 is 64.0 Å². The van der Waals surface area contributed by atoms with Crippen molar-refractivity contribution in [2.45, 2.75) is 54.9 Å². The summed E-state index contributed by atoms with van der Waals surface area (Å²) in [5.41, 5.74) is 4.15. The fraction of sp³-hybridized carbons (Fsp3) is 0.517. The number of aromatic nitrogens is 2. The normalized spacial score (nSPS) is 37.9. The van der Waals surface area contributed by atoms with Crippen LogP contribution in [0.25, 0.3) is 10.9 Å². The molecule has 4 aliphatic carbocycles. The van der Waals surface area contributed by atoms with Gasteiger partial charge < -0.3 is 0 Å². The molecule has 2 aromatic rings. The van der Waals surface area contributed by atoms with Gasteiger partial charge in [0.1, 0.15) is 0 Å². The molecule has 4 aliphatic rings. The Balaban J connectivity index is 1.23. The molecule has 35 heavy (non-hydrogen) atoms. The molecule has 0 bridgehead atoms. The predicted molar refractivity (Wildman–Crippen MR) is 156 cm³/mol. The zero-order chi connectivity index (χ0) is 24.4. The fourth-order valence-corrected chi connectivity index (χ4v) is 11.1. The summed E-state index contributed by atoms with van der Waals surface area (Å²) in [5, 5.41) is 2.19. The maximum atomic E-state index is 12.1. The Bertz CT molecular complexity index is 1270. The fourth-order valence-electron chi connectivity index (χ4n) is 8.24. The van der Waals surface area contributed by atoms with Gasteiger partial charge in [0.15, 0.2) is 0 Å². The van der Waals surface area contributed by atoms with Gasteiger partial charge in [0.05, 0.1) is 0 Å². The van der Waals surface area contributed by atoms with Gasteiger partial charge in [-0.3, -0.25) is 0 Å². The van der Waals surface area contributed by atoms with E-state index in [1.54, 1.807) is 6.33 Å². The number of alkyl halides is 1. The first-order valence-corrected chi connectivity index (χ1v) is 15.1. The van der Waals surface area contributed by atoms with Crippen LogP contribution in [0.2, 0.25) is 0 Å². The van der Waals surface area contributed by atoms with Crippen LogP contribution in [0, 0.1) is 34.5 Å². The third kappa shape index (κ3) is 3.84. The molecule has 7 atom stereocenters. The molecule has 3 saturated carbocycles. The molecule has 0 radical (unpaired) electrons. The van der Waals surface area contributed by atoms with Crippen molar-refractivity contribution in [1.29, 1.82) is 0 Å². The van der Waals surface area contributed by atoms with Crippen LogP contribution in [0.5, 0.6) is 0 Å². The molecular weight excluding hydrogens is 562 g/mol. The van der Waals surface area contributed by atoms with Crippen LogP contribution in [0.3, 0.4) is 0 Å². The average molecular weight is 594 g/mol. The van der Waals surface area contributed by atoms with E-state index in [2.05, 4.69) is 78.2 Å². The zero-order valence-corrected chi connectivity index (χ0v) is 23.5. The molecule has 0 N–H and O–H groups in total. The van der Waals surface area contributed by atoms with Crippen molar-refractivity contribution in [3.63, 3.8) is 0 Å². The SMILES string of the molecule is B=C(CSc1ncnc2ccccc12)C1[C@H](I)CC2C3CCC4=CC(=O)C=CC4(C)C3CCC21C. The zero-order valence-electron chi connectivity index (χ0n) is 20.5. The van der Waals surface area contributed by atoms with E-state index < -0.39 is 0 Å². The molecular formula is C29H32BIN2OS. The van der Waals surface area contributed by atoms with Gasteiger partial charge in [0.25, 0.3) is 0 Å². The third-order valence-electron chi connectivity index (χ3n) is 9.89. The van der Waals surface area contributed by atoms with Crippen LogP contribution >= 0.6 is 34.4 Å². The molecule has 0 spiro atoms. The second-order valence-corrected chi connectivity index (χ2v) is 14.1. The minimum absolute atomic E-state index is 0.0674. The van der Waals surface area contributed by atoms with Crippen molar-refractivity contribution in [3.05, 3.63) is 54.4 Å². The number of halogens is 1. The molecule has 6 heteroatoms. The molecule has 180 valence electrons. The Labute approximate surface area is 227 Å². The third-order valence-corrected chi connectivity index (χ3v) is 12.2. The Morgan fingerprint density at radius 2 is 2.03 bits per heavy atom.